The van der Waals surface area contributed by atoms with E-state index in [1.165, 1.54) is 0 Å². The molecule has 0 radical (unpaired) electrons. The molecule has 2 heterocycles. The fourth-order valence-corrected chi connectivity index (χ4v) is 3.59. The highest BCUT2D eigenvalue weighted by molar-refractivity contribution is 14.1. The van der Waals surface area contributed by atoms with Crippen molar-refractivity contribution in [1.29, 1.82) is 0 Å². The molecule has 1 aromatic heterocycles. The van der Waals surface area contributed by atoms with Crippen LogP contribution in [0, 0.1) is 15.0 Å². The molecule has 2 rings (SSSR count). The van der Waals surface area contributed by atoms with E-state index in [1.807, 2.05) is 6.20 Å². The van der Waals surface area contributed by atoms with Gasteiger partial charge in [0.15, 0.2) is 0 Å². The zero-order valence-electron chi connectivity index (χ0n) is 11.7. The Hall–Kier alpha value is -0.790. The summed E-state index contributed by atoms with van der Waals surface area (Å²) in [6.45, 7) is 8.89. The lowest BCUT2D eigenvalue weighted by Gasteiger charge is -2.45. The predicted octanol–water partition coefficient (Wildman–Crippen LogP) is 3.28. The van der Waals surface area contributed by atoms with Gasteiger partial charge in [-0.3, -0.25) is 4.90 Å². The lowest BCUT2D eigenvalue weighted by molar-refractivity contribution is 0.0214. The van der Waals surface area contributed by atoms with Crippen LogP contribution in [0.15, 0.2) is 6.20 Å². The van der Waals surface area contributed by atoms with Crippen molar-refractivity contribution in [1.82, 2.24) is 14.9 Å². The van der Waals surface area contributed by atoms with E-state index in [0.29, 0.717) is 12.5 Å². The molecule has 0 unspecified atom stereocenters. The van der Waals surface area contributed by atoms with Gasteiger partial charge in [-0.1, -0.05) is 27.7 Å². The summed E-state index contributed by atoms with van der Waals surface area (Å²) in [4.78, 5) is 20.9. The predicted molar refractivity (Wildman–Crippen MR) is 80.9 cm³/mol. The van der Waals surface area contributed by atoms with Crippen LogP contribution >= 0.6 is 22.6 Å². The Morgan fingerprint density at radius 2 is 2.26 bits per heavy atom. The number of H-pyrrole nitrogens is 1. The number of carboxylic acid groups (broad SMARTS) is 1. The van der Waals surface area contributed by atoms with Crippen LogP contribution in [0.5, 0.6) is 0 Å². The minimum absolute atomic E-state index is 0.225. The van der Waals surface area contributed by atoms with E-state index in [4.69, 9.17) is 0 Å². The average Bonchev–Trinajstić information content (AvgIpc) is 2.81. The molecule has 0 aliphatic carbocycles. The Kier molecular flexibility index (Phi) is 3.57. The SMILES string of the molecule is C[C@@H]1CN(C(=O)O)[C@](c2nc(I)c[nH]2)(C(C)(C)C)C1. The molecule has 5 nitrogen and oxygen atoms in total. The van der Waals surface area contributed by atoms with Gasteiger partial charge in [0.1, 0.15) is 15.1 Å². The summed E-state index contributed by atoms with van der Waals surface area (Å²) in [6.07, 6.45) is 1.75. The molecule has 2 N–H and O–H groups in total. The number of rotatable bonds is 1. The van der Waals surface area contributed by atoms with Crippen LogP contribution in [0.4, 0.5) is 4.79 Å². The molecule has 6 heteroatoms. The molecule has 0 saturated carbocycles. The summed E-state index contributed by atoms with van der Waals surface area (Å²) in [6, 6.07) is 0. The first-order chi connectivity index (χ1) is 8.68. The number of amides is 1. The molecule has 1 aliphatic rings. The van der Waals surface area contributed by atoms with Crippen molar-refractivity contribution >= 4 is 28.7 Å². The number of hydrogen-bond donors (Lipinski definition) is 2. The molecule has 19 heavy (non-hydrogen) atoms. The lowest BCUT2D eigenvalue weighted by atomic mass is 9.70. The van der Waals surface area contributed by atoms with Gasteiger partial charge in [0.2, 0.25) is 0 Å². The van der Waals surface area contributed by atoms with Crippen LogP contribution in [0.25, 0.3) is 0 Å². The van der Waals surface area contributed by atoms with Gasteiger partial charge in [0.05, 0.1) is 0 Å². The summed E-state index contributed by atoms with van der Waals surface area (Å²) in [7, 11) is 0. The molecule has 0 spiro atoms. The molecule has 2 atom stereocenters. The molecule has 1 aromatic rings. The zero-order chi connectivity index (χ0) is 14.4. The van der Waals surface area contributed by atoms with Gasteiger partial charge in [-0.2, -0.15) is 0 Å². The van der Waals surface area contributed by atoms with Crippen molar-refractivity contribution in [2.45, 2.75) is 39.7 Å². The van der Waals surface area contributed by atoms with Crippen molar-refractivity contribution in [3.8, 4) is 0 Å². The Morgan fingerprint density at radius 3 is 2.68 bits per heavy atom. The number of carbonyl (C=O) groups is 1. The number of halogens is 1. The zero-order valence-corrected chi connectivity index (χ0v) is 13.9. The standard InChI is InChI=1S/C13H20IN3O2/c1-8-5-13(12(2,3)4,17(7-8)11(18)19)10-15-6-9(14)16-10/h6,8H,5,7H2,1-4H3,(H,15,16)(H,18,19)/t8-,13+/m0/s1. The van der Waals surface area contributed by atoms with Crippen molar-refractivity contribution in [3.63, 3.8) is 0 Å². The Bertz CT molecular complexity index is 494. The van der Waals surface area contributed by atoms with Crippen molar-refractivity contribution in [2.75, 3.05) is 6.54 Å². The maximum Gasteiger partial charge on any atom is 0.408 e. The minimum Gasteiger partial charge on any atom is -0.465 e. The Morgan fingerprint density at radius 1 is 1.63 bits per heavy atom. The van der Waals surface area contributed by atoms with Crippen molar-refractivity contribution in [2.24, 2.45) is 11.3 Å². The maximum absolute atomic E-state index is 11.7. The third kappa shape index (κ3) is 2.23. The molecular formula is C13H20IN3O2. The van der Waals surface area contributed by atoms with Gasteiger partial charge in [-0.15, -0.1) is 0 Å². The molecule has 1 saturated heterocycles. The van der Waals surface area contributed by atoms with Gasteiger partial charge in [0.25, 0.3) is 0 Å². The molecular weight excluding hydrogens is 357 g/mol. The van der Waals surface area contributed by atoms with Crippen LogP contribution in [0.3, 0.4) is 0 Å². The minimum atomic E-state index is -0.870. The molecule has 1 fully saturated rings. The first-order valence-electron chi connectivity index (χ1n) is 6.40. The second-order valence-electron chi connectivity index (χ2n) is 6.38. The number of aromatic nitrogens is 2. The van der Waals surface area contributed by atoms with Crippen LogP contribution in [0.1, 0.15) is 39.9 Å². The molecule has 0 aromatic carbocycles. The number of imidazole rings is 1. The summed E-state index contributed by atoms with van der Waals surface area (Å²) in [5.74, 6) is 1.09. The van der Waals surface area contributed by atoms with Crippen molar-refractivity contribution < 1.29 is 9.90 Å². The molecule has 0 bridgehead atoms. The lowest BCUT2D eigenvalue weighted by Crippen LogP contribution is -2.53. The largest absolute Gasteiger partial charge is 0.465 e. The third-order valence-corrected chi connectivity index (χ3v) is 4.56. The van der Waals surface area contributed by atoms with Gasteiger partial charge < -0.3 is 10.1 Å². The quantitative estimate of drug-likeness (QED) is 0.738. The first-order valence-corrected chi connectivity index (χ1v) is 7.48. The summed E-state index contributed by atoms with van der Waals surface area (Å²) < 4.78 is 0.862. The van der Waals surface area contributed by atoms with Crippen LogP contribution < -0.4 is 0 Å². The number of hydrogen-bond acceptors (Lipinski definition) is 2. The normalized spacial score (nSPS) is 27.8. The number of nitrogens with zero attached hydrogens (tertiary/aromatic N) is 2. The highest BCUT2D eigenvalue weighted by atomic mass is 127. The highest BCUT2D eigenvalue weighted by Crippen LogP contribution is 2.51. The van der Waals surface area contributed by atoms with E-state index in [0.717, 1.165) is 15.9 Å². The summed E-state index contributed by atoms with van der Waals surface area (Å²) in [5, 5.41) is 9.58. The monoisotopic (exact) mass is 377 g/mol. The van der Waals surface area contributed by atoms with E-state index in [2.05, 4.69) is 60.3 Å². The Balaban J connectivity index is 2.61. The van der Waals surface area contributed by atoms with Crippen molar-refractivity contribution in [3.05, 3.63) is 15.7 Å². The summed E-state index contributed by atoms with van der Waals surface area (Å²) in [5.41, 5.74) is -0.807. The number of nitrogens with one attached hydrogen (secondary N) is 1. The van der Waals surface area contributed by atoms with E-state index < -0.39 is 11.6 Å². The highest BCUT2D eigenvalue weighted by Gasteiger charge is 2.57. The fourth-order valence-electron chi connectivity index (χ4n) is 3.19. The van der Waals surface area contributed by atoms with Crippen LogP contribution in [-0.2, 0) is 5.54 Å². The van der Waals surface area contributed by atoms with E-state index in [-0.39, 0.29) is 5.41 Å². The number of aromatic amines is 1. The topological polar surface area (TPSA) is 69.2 Å². The van der Waals surface area contributed by atoms with Gasteiger partial charge >= 0.3 is 6.09 Å². The second kappa shape index (κ2) is 4.64. The fraction of sp³-hybridized carbons (Fsp3) is 0.692. The number of likely N-dealkylation sites (tertiary alicyclic amines) is 1. The second-order valence-corrected chi connectivity index (χ2v) is 7.49. The van der Waals surface area contributed by atoms with E-state index in [1.54, 1.807) is 4.90 Å². The molecule has 1 amide bonds. The maximum atomic E-state index is 11.7. The molecule has 1 aliphatic heterocycles. The van der Waals surface area contributed by atoms with Gasteiger partial charge in [-0.05, 0) is 40.3 Å². The van der Waals surface area contributed by atoms with Gasteiger partial charge in [0, 0.05) is 12.7 Å². The Labute approximate surface area is 126 Å². The van der Waals surface area contributed by atoms with E-state index >= 15 is 0 Å². The molecule has 106 valence electrons. The third-order valence-electron chi connectivity index (χ3n) is 4.01. The first kappa shape index (κ1) is 14.6. The van der Waals surface area contributed by atoms with Crippen LogP contribution in [0.2, 0.25) is 0 Å². The smallest absolute Gasteiger partial charge is 0.408 e. The van der Waals surface area contributed by atoms with Crippen LogP contribution in [-0.4, -0.2) is 32.6 Å². The van der Waals surface area contributed by atoms with Gasteiger partial charge in [-0.25, -0.2) is 9.78 Å². The average molecular weight is 377 g/mol. The van der Waals surface area contributed by atoms with E-state index in [9.17, 15) is 9.90 Å². The summed E-state index contributed by atoms with van der Waals surface area (Å²) >= 11 is 2.14.